The van der Waals surface area contributed by atoms with Gasteiger partial charge in [0.05, 0.1) is 12.2 Å². The van der Waals surface area contributed by atoms with Gasteiger partial charge in [0.1, 0.15) is 5.54 Å². The minimum atomic E-state index is -4.42. The Morgan fingerprint density at radius 3 is 2.44 bits per heavy atom. The first-order chi connectivity index (χ1) is 16.0. The van der Waals surface area contributed by atoms with Crippen molar-refractivity contribution in [2.75, 3.05) is 31.1 Å². The zero-order chi connectivity index (χ0) is 24.0. The number of hydrogen-bond donors (Lipinski definition) is 0. The number of rotatable bonds is 3. The molecule has 1 aliphatic carbocycles. The molecule has 0 N–H and O–H groups in total. The Morgan fingerprint density at radius 2 is 1.79 bits per heavy atom. The molecule has 34 heavy (non-hydrogen) atoms. The molecule has 7 nitrogen and oxygen atoms in total. The average molecular weight is 495 g/mol. The number of nitrogens with zero attached hydrogens (tertiary/aromatic N) is 6. The summed E-state index contributed by atoms with van der Waals surface area (Å²) in [6, 6.07) is 5.29. The lowest BCUT2D eigenvalue weighted by Crippen LogP contribution is -2.73. The summed E-state index contributed by atoms with van der Waals surface area (Å²) in [5.74, 6) is 1.60. The van der Waals surface area contributed by atoms with Gasteiger partial charge in [0.15, 0.2) is 5.82 Å². The number of aromatic nitrogens is 3. The van der Waals surface area contributed by atoms with Crippen LogP contribution in [-0.2, 0) is 17.9 Å². The van der Waals surface area contributed by atoms with E-state index in [2.05, 4.69) is 15.1 Å². The first-order valence-corrected chi connectivity index (χ1v) is 11.9. The van der Waals surface area contributed by atoms with Crippen molar-refractivity contribution in [3.63, 3.8) is 0 Å². The lowest BCUT2D eigenvalue weighted by molar-refractivity contribution is -0.224. The maximum absolute atomic E-state index is 13.9. The van der Waals surface area contributed by atoms with E-state index in [0.717, 1.165) is 44.7 Å². The minimum Gasteiger partial charge on any atom is -0.341 e. The van der Waals surface area contributed by atoms with Gasteiger partial charge in [-0.25, -0.2) is 0 Å². The quantitative estimate of drug-likeness (QED) is 0.652. The molecule has 1 aromatic carbocycles. The molecule has 3 aliphatic heterocycles. The molecule has 1 saturated carbocycles. The molecule has 182 valence electrons. The molecule has 1 amide bonds. The van der Waals surface area contributed by atoms with Crippen molar-refractivity contribution in [1.82, 2.24) is 24.6 Å². The van der Waals surface area contributed by atoms with Gasteiger partial charge in [-0.3, -0.25) is 14.3 Å². The van der Waals surface area contributed by atoms with Crippen LogP contribution in [-0.4, -0.2) is 68.4 Å². The number of fused-ring (bicyclic) bond motifs is 3. The van der Waals surface area contributed by atoms with Crippen LogP contribution in [0.25, 0.3) is 5.69 Å². The van der Waals surface area contributed by atoms with E-state index in [1.165, 1.54) is 18.7 Å². The average Bonchev–Trinajstić information content (AvgIpc) is 3.49. The van der Waals surface area contributed by atoms with Gasteiger partial charge in [0.25, 0.3) is 0 Å². The van der Waals surface area contributed by atoms with E-state index in [1.807, 2.05) is 15.5 Å². The Labute approximate surface area is 200 Å². The number of hydrogen-bond acceptors (Lipinski definition) is 5. The number of benzene rings is 1. The Balaban J connectivity index is 1.29. The first-order valence-electron chi connectivity index (χ1n) is 11.6. The summed E-state index contributed by atoms with van der Waals surface area (Å²) >= 11 is 6.23. The third kappa shape index (κ3) is 3.32. The monoisotopic (exact) mass is 494 g/mol. The Hall–Kier alpha value is -2.33. The van der Waals surface area contributed by atoms with E-state index in [9.17, 15) is 18.0 Å². The Kier molecular flexibility index (Phi) is 4.63. The highest BCUT2D eigenvalue weighted by molar-refractivity contribution is 6.30. The van der Waals surface area contributed by atoms with Gasteiger partial charge >= 0.3 is 6.18 Å². The summed E-state index contributed by atoms with van der Waals surface area (Å²) in [7, 11) is 0. The van der Waals surface area contributed by atoms with Gasteiger partial charge in [-0.1, -0.05) is 11.6 Å². The van der Waals surface area contributed by atoms with Crippen LogP contribution in [0.5, 0.6) is 0 Å². The molecule has 0 unspecified atom stereocenters. The van der Waals surface area contributed by atoms with E-state index in [4.69, 9.17) is 11.6 Å². The van der Waals surface area contributed by atoms with Crippen molar-refractivity contribution >= 4 is 23.5 Å². The van der Waals surface area contributed by atoms with Crippen LogP contribution < -0.4 is 4.90 Å². The maximum atomic E-state index is 13.9. The number of carbonyl (C=O) groups is 1. The molecule has 1 spiro atoms. The van der Waals surface area contributed by atoms with Crippen LogP contribution in [0.2, 0.25) is 5.02 Å². The molecule has 4 aliphatic rings. The largest absolute Gasteiger partial charge is 0.406 e. The number of halogens is 4. The van der Waals surface area contributed by atoms with Crippen molar-refractivity contribution in [1.29, 1.82) is 0 Å². The Morgan fingerprint density at radius 1 is 1.09 bits per heavy atom. The fourth-order valence-corrected chi connectivity index (χ4v) is 5.57. The summed E-state index contributed by atoms with van der Waals surface area (Å²) in [6.45, 7) is 5.50. The van der Waals surface area contributed by atoms with Gasteiger partial charge < -0.3 is 9.80 Å². The second-order valence-electron chi connectivity index (χ2n) is 10.8. The molecule has 0 radical (unpaired) electrons. The Bertz CT molecular complexity index is 1160. The lowest BCUT2D eigenvalue weighted by Gasteiger charge is -2.60. The molecule has 6 rings (SSSR count). The second kappa shape index (κ2) is 7.10. The fourth-order valence-electron chi connectivity index (χ4n) is 5.38. The molecule has 2 aromatic rings. The highest BCUT2D eigenvalue weighted by Crippen LogP contribution is 2.45. The van der Waals surface area contributed by atoms with Gasteiger partial charge in [-0.2, -0.15) is 13.2 Å². The van der Waals surface area contributed by atoms with Crippen LogP contribution in [0.4, 0.5) is 19.1 Å². The van der Waals surface area contributed by atoms with Crippen molar-refractivity contribution in [3.8, 4) is 5.69 Å². The van der Waals surface area contributed by atoms with Gasteiger partial charge in [-0.05, 0) is 50.5 Å². The molecule has 2 saturated heterocycles. The van der Waals surface area contributed by atoms with E-state index in [1.54, 1.807) is 12.1 Å². The standard InChI is InChI=1S/C23H26ClF3N6O/c1-21(2,23(25,26)27)32-8-15-7-16(24)5-6-17(15)33-18(9-32)28-29-20(33)31-12-22(13-31)10-30(11-22)19(34)14-3-4-14/h5-7,14H,3-4,8-13H2,1-2H3. The van der Waals surface area contributed by atoms with E-state index in [-0.39, 0.29) is 30.3 Å². The summed E-state index contributed by atoms with van der Waals surface area (Å²) in [4.78, 5) is 17.7. The number of carbonyl (C=O) groups excluding carboxylic acids is 1. The number of anilines is 1. The zero-order valence-electron chi connectivity index (χ0n) is 19.1. The van der Waals surface area contributed by atoms with Gasteiger partial charge in [0, 0.05) is 49.1 Å². The summed E-state index contributed by atoms with van der Waals surface area (Å²) in [5, 5.41) is 9.18. The van der Waals surface area contributed by atoms with Crippen molar-refractivity contribution in [2.45, 2.75) is 51.5 Å². The van der Waals surface area contributed by atoms with E-state index < -0.39 is 11.7 Å². The lowest BCUT2D eigenvalue weighted by atomic mass is 9.73. The predicted octanol–water partition coefficient (Wildman–Crippen LogP) is 3.64. The van der Waals surface area contributed by atoms with Crippen molar-refractivity contribution in [3.05, 3.63) is 34.6 Å². The van der Waals surface area contributed by atoms with Crippen LogP contribution in [0.3, 0.4) is 0 Å². The van der Waals surface area contributed by atoms with Crippen LogP contribution in [0, 0.1) is 11.3 Å². The highest BCUT2D eigenvalue weighted by atomic mass is 35.5. The van der Waals surface area contributed by atoms with Crippen LogP contribution in [0.1, 0.15) is 38.1 Å². The van der Waals surface area contributed by atoms with Crippen molar-refractivity contribution < 1.29 is 18.0 Å². The molecule has 1 aromatic heterocycles. The first kappa shape index (κ1) is 22.2. The predicted molar refractivity (Wildman–Crippen MR) is 120 cm³/mol. The normalized spacial score (nSPS) is 22.1. The van der Waals surface area contributed by atoms with Gasteiger partial charge in [-0.15, -0.1) is 10.2 Å². The SMILES string of the molecule is CC(C)(N1Cc2cc(Cl)ccc2-n2c(nnc2N2CC3(CN(C(=O)C4CC4)C3)C2)C1)C(F)(F)F. The number of alkyl halides is 3. The molecule has 11 heteroatoms. The third-order valence-corrected chi connectivity index (χ3v) is 8.03. The fraction of sp³-hybridized carbons (Fsp3) is 0.609. The third-order valence-electron chi connectivity index (χ3n) is 7.80. The van der Waals surface area contributed by atoms with Crippen molar-refractivity contribution in [2.24, 2.45) is 11.3 Å². The topological polar surface area (TPSA) is 57.5 Å². The van der Waals surface area contributed by atoms with Gasteiger partial charge in [0.2, 0.25) is 11.9 Å². The molecule has 0 atom stereocenters. The molecule has 0 bridgehead atoms. The van der Waals surface area contributed by atoms with Crippen LogP contribution >= 0.6 is 11.6 Å². The highest BCUT2D eigenvalue weighted by Gasteiger charge is 2.56. The molecule has 4 heterocycles. The summed E-state index contributed by atoms with van der Waals surface area (Å²) in [5.41, 5.74) is -0.530. The van der Waals surface area contributed by atoms with Crippen LogP contribution in [0.15, 0.2) is 18.2 Å². The summed E-state index contributed by atoms with van der Waals surface area (Å²) in [6.07, 6.45) is -2.40. The van der Waals surface area contributed by atoms with E-state index in [0.29, 0.717) is 22.4 Å². The molecule has 3 fully saturated rings. The second-order valence-corrected chi connectivity index (χ2v) is 11.2. The maximum Gasteiger partial charge on any atom is 0.406 e. The zero-order valence-corrected chi connectivity index (χ0v) is 19.8. The van der Waals surface area contributed by atoms with E-state index >= 15 is 0 Å². The molecular formula is C23H26ClF3N6O. The number of likely N-dealkylation sites (tertiary alicyclic amines) is 1. The summed E-state index contributed by atoms with van der Waals surface area (Å²) < 4.78 is 43.6. The minimum absolute atomic E-state index is 0.00839. The number of amides is 1. The molecular weight excluding hydrogens is 469 g/mol. The smallest absolute Gasteiger partial charge is 0.341 e.